The number of hydrogen-bond donors (Lipinski definition) is 1. The highest BCUT2D eigenvalue weighted by Gasteiger charge is 2.13. The van der Waals surface area contributed by atoms with E-state index in [4.69, 9.17) is 5.73 Å². The second-order valence-electron chi connectivity index (χ2n) is 3.52. The molecule has 1 aromatic heterocycles. The Morgan fingerprint density at radius 1 is 1.40 bits per heavy atom. The smallest absolute Gasteiger partial charge is 0.151 e. The molecule has 0 aromatic carbocycles. The monoisotopic (exact) mass is 287 g/mol. The van der Waals surface area contributed by atoms with Crippen LogP contribution in [0.15, 0.2) is 16.7 Å². The number of nitrogens with zero attached hydrogens (tertiary/aromatic N) is 2. The van der Waals surface area contributed by atoms with Crippen molar-refractivity contribution < 1.29 is 0 Å². The van der Waals surface area contributed by atoms with E-state index >= 15 is 0 Å². The van der Waals surface area contributed by atoms with Crippen molar-refractivity contribution in [1.29, 1.82) is 0 Å². The van der Waals surface area contributed by atoms with E-state index in [1.165, 1.54) is 12.2 Å². The SMILES string of the molecule is Nc1cc(Br)cnc1N1CCCSCC1. The molecular weight excluding hydrogens is 274 g/mol. The van der Waals surface area contributed by atoms with Gasteiger partial charge in [0, 0.05) is 29.5 Å². The van der Waals surface area contributed by atoms with Gasteiger partial charge in [0.25, 0.3) is 0 Å². The molecule has 15 heavy (non-hydrogen) atoms. The van der Waals surface area contributed by atoms with E-state index in [-0.39, 0.29) is 0 Å². The van der Waals surface area contributed by atoms with Crippen LogP contribution in [0.3, 0.4) is 0 Å². The van der Waals surface area contributed by atoms with Crippen molar-refractivity contribution in [3.63, 3.8) is 0 Å². The van der Waals surface area contributed by atoms with Crippen LogP contribution >= 0.6 is 27.7 Å². The quantitative estimate of drug-likeness (QED) is 0.861. The number of halogens is 1. The second-order valence-corrected chi connectivity index (χ2v) is 5.66. The predicted octanol–water partition coefficient (Wildman–Crippen LogP) is 2.37. The lowest BCUT2D eigenvalue weighted by atomic mass is 10.3. The molecule has 1 saturated heterocycles. The van der Waals surface area contributed by atoms with Gasteiger partial charge in [-0.25, -0.2) is 4.98 Å². The third-order valence-corrected chi connectivity index (χ3v) is 3.87. The van der Waals surface area contributed by atoms with E-state index in [0.717, 1.165) is 34.8 Å². The normalized spacial score (nSPS) is 17.5. The summed E-state index contributed by atoms with van der Waals surface area (Å²) in [5.74, 6) is 3.34. The maximum Gasteiger partial charge on any atom is 0.151 e. The first-order valence-electron chi connectivity index (χ1n) is 5.01. The highest BCUT2D eigenvalue weighted by molar-refractivity contribution is 9.10. The summed E-state index contributed by atoms with van der Waals surface area (Å²) >= 11 is 5.37. The average Bonchev–Trinajstić information content (AvgIpc) is 2.46. The molecule has 82 valence electrons. The van der Waals surface area contributed by atoms with E-state index in [1.54, 1.807) is 0 Å². The average molecular weight is 288 g/mol. The van der Waals surface area contributed by atoms with Crippen LogP contribution in [0.25, 0.3) is 0 Å². The Hall–Kier alpha value is -0.420. The molecule has 2 N–H and O–H groups in total. The third kappa shape index (κ3) is 2.78. The van der Waals surface area contributed by atoms with Gasteiger partial charge in [0.05, 0.1) is 5.69 Å². The maximum absolute atomic E-state index is 5.96. The summed E-state index contributed by atoms with van der Waals surface area (Å²) in [7, 11) is 0. The fourth-order valence-electron chi connectivity index (χ4n) is 1.67. The van der Waals surface area contributed by atoms with Crippen LogP contribution in [0, 0.1) is 0 Å². The molecule has 1 fully saturated rings. The Morgan fingerprint density at radius 2 is 2.27 bits per heavy atom. The first kappa shape index (κ1) is 11.1. The Bertz CT molecular complexity index is 337. The summed E-state index contributed by atoms with van der Waals surface area (Å²) in [5.41, 5.74) is 6.72. The molecule has 2 rings (SSSR count). The Morgan fingerprint density at radius 3 is 3.07 bits per heavy atom. The molecule has 5 heteroatoms. The molecule has 1 aliphatic rings. The zero-order valence-electron chi connectivity index (χ0n) is 8.45. The van der Waals surface area contributed by atoms with E-state index in [1.807, 2.05) is 24.0 Å². The van der Waals surface area contributed by atoms with Crippen molar-refractivity contribution in [3.8, 4) is 0 Å². The number of thioether (sulfide) groups is 1. The lowest BCUT2D eigenvalue weighted by Crippen LogP contribution is -2.27. The van der Waals surface area contributed by atoms with Crippen LogP contribution in [0.5, 0.6) is 0 Å². The summed E-state index contributed by atoms with van der Waals surface area (Å²) in [6.07, 6.45) is 3.02. The zero-order chi connectivity index (χ0) is 10.7. The lowest BCUT2D eigenvalue weighted by molar-refractivity contribution is 0.802. The van der Waals surface area contributed by atoms with Crippen LogP contribution in [-0.2, 0) is 0 Å². The van der Waals surface area contributed by atoms with Gasteiger partial charge in [0.1, 0.15) is 0 Å². The molecule has 0 atom stereocenters. The first-order valence-corrected chi connectivity index (χ1v) is 6.96. The largest absolute Gasteiger partial charge is 0.396 e. The van der Waals surface area contributed by atoms with Gasteiger partial charge in [0.15, 0.2) is 5.82 Å². The molecular formula is C10H14BrN3S. The number of anilines is 2. The van der Waals surface area contributed by atoms with Crippen molar-refractivity contribution >= 4 is 39.2 Å². The highest BCUT2D eigenvalue weighted by atomic mass is 79.9. The topological polar surface area (TPSA) is 42.1 Å². The minimum absolute atomic E-state index is 0.760. The Labute approximate surface area is 103 Å². The second kappa shape index (κ2) is 5.07. The number of aromatic nitrogens is 1. The number of nitrogen functional groups attached to an aromatic ring is 1. The number of nitrogens with two attached hydrogens (primary N) is 1. The van der Waals surface area contributed by atoms with Crippen molar-refractivity contribution in [3.05, 3.63) is 16.7 Å². The van der Waals surface area contributed by atoms with Crippen LogP contribution in [0.2, 0.25) is 0 Å². The number of hydrogen-bond acceptors (Lipinski definition) is 4. The first-order chi connectivity index (χ1) is 7.27. The molecule has 0 bridgehead atoms. The predicted molar refractivity (Wildman–Crippen MR) is 70.5 cm³/mol. The van der Waals surface area contributed by atoms with Crippen LogP contribution in [-0.4, -0.2) is 29.6 Å². The Kier molecular flexibility index (Phi) is 3.75. The van der Waals surface area contributed by atoms with Gasteiger partial charge in [-0.15, -0.1) is 0 Å². The van der Waals surface area contributed by atoms with Gasteiger partial charge in [-0.1, -0.05) is 0 Å². The molecule has 2 heterocycles. The minimum Gasteiger partial charge on any atom is -0.396 e. The van der Waals surface area contributed by atoms with Crippen LogP contribution in [0.4, 0.5) is 11.5 Å². The molecule has 0 amide bonds. The Balaban J connectivity index is 2.19. The van der Waals surface area contributed by atoms with Crippen LogP contribution in [0.1, 0.15) is 6.42 Å². The molecule has 0 saturated carbocycles. The summed E-state index contributed by atoms with van der Waals surface area (Å²) in [6.45, 7) is 2.11. The lowest BCUT2D eigenvalue weighted by Gasteiger charge is -2.22. The minimum atomic E-state index is 0.760. The number of pyridine rings is 1. The molecule has 1 aromatic rings. The molecule has 0 radical (unpaired) electrons. The van der Waals surface area contributed by atoms with E-state index in [2.05, 4.69) is 25.8 Å². The van der Waals surface area contributed by atoms with E-state index < -0.39 is 0 Å². The highest BCUT2D eigenvalue weighted by Crippen LogP contribution is 2.25. The standard InChI is InChI=1S/C10H14BrN3S/c11-8-6-9(12)10(13-7-8)14-2-1-4-15-5-3-14/h6-7H,1-5,12H2. The van der Waals surface area contributed by atoms with E-state index in [9.17, 15) is 0 Å². The van der Waals surface area contributed by atoms with Crippen molar-refractivity contribution in [2.75, 3.05) is 35.2 Å². The van der Waals surface area contributed by atoms with Gasteiger partial charge < -0.3 is 10.6 Å². The van der Waals surface area contributed by atoms with Gasteiger partial charge >= 0.3 is 0 Å². The summed E-state index contributed by atoms with van der Waals surface area (Å²) in [6, 6.07) is 1.92. The van der Waals surface area contributed by atoms with Crippen molar-refractivity contribution in [2.24, 2.45) is 0 Å². The molecule has 0 aliphatic carbocycles. The van der Waals surface area contributed by atoms with Crippen molar-refractivity contribution in [1.82, 2.24) is 4.98 Å². The summed E-state index contributed by atoms with van der Waals surface area (Å²) in [4.78, 5) is 6.67. The van der Waals surface area contributed by atoms with Gasteiger partial charge in [-0.05, 0) is 34.2 Å². The van der Waals surface area contributed by atoms with Crippen molar-refractivity contribution in [2.45, 2.75) is 6.42 Å². The maximum atomic E-state index is 5.96. The molecule has 1 aliphatic heterocycles. The zero-order valence-corrected chi connectivity index (χ0v) is 10.9. The number of rotatable bonds is 1. The molecule has 3 nitrogen and oxygen atoms in total. The fourth-order valence-corrected chi connectivity index (χ4v) is 2.91. The van der Waals surface area contributed by atoms with E-state index in [0.29, 0.717) is 0 Å². The summed E-state index contributed by atoms with van der Waals surface area (Å²) in [5, 5.41) is 0. The third-order valence-electron chi connectivity index (χ3n) is 2.38. The fraction of sp³-hybridized carbons (Fsp3) is 0.500. The van der Waals surface area contributed by atoms with Gasteiger partial charge in [0.2, 0.25) is 0 Å². The van der Waals surface area contributed by atoms with Gasteiger partial charge in [-0.2, -0.15) is 11.8 Å². The van der Waals surface area contributed by atoms with Crippen LogP contribution < -0.4 is 10.6 Å². The summed E-state index contributed by atoms with van der Waals surface area (Å²) < 4.78 is 0.938. The van der Waals surface area contributed by atoms with Gasteiger partial charge in [-0.3, -0.25) is 0 Å². The molecule has 0 unspecified atom stereocenters. The molecule has 0 spiro atoms.